The second-order valence-corrected chi connectivity index (χ2v) is 7.12. The molecule has 2 N–H and O–H groups in total. The van der Waals surface area contributed by atoms with E-state index < -0.39 is 0 Å². The molecule has 1 aliphatic carbocycles. The number of nitrogens with one attached hydrogen (secondary N) is 2. The van der Waals surface area contributed by atoms with E-state index in [0.29, 0.717) is 25.1 Å². The molecule has 0 radical (unpaired) electrons. The largest absolute Gasteiger partial charge is 0.380 e. The summed E-state index contributed by atoms with van der Waals surface area (Å²) in [5, 5.41) is 6.77. The number of carbonyl (C=O) groups is 1. The molecule has 0 aromatic heterocycles. The molecule has 2 fully saturated rings. The van der Waals surface area contributed by atoms with E-state index in [9.17, 15) is 4.79 Å². The topological polar surface area (TPSA) is 66.0 Å². The van der Waals surface area contributed by atoms with Crippen LogP contribution in [0.5, 0.6) is 0 Å². The molecule has 2 aliphatic rings. The van der Waals surface area contributed by atoms with Crippen LogP contribution in [0, 0.1) is 5.92 Å². The van der Waals surface area contributed by atoms with Gasteiger partial charge in [0.05, 0.1) is 13.2 Å². The van der Waals surface area contributed by atoms with Crippen LogP contribution in [0.25, 0.3) is 0 Å². The third-order valence-corrected chi connectivity index (χ3v) is 5.04. The number of likely N-dealkylation sites (tertiary alicyclic amines) is 1. The smallest absolute Gasteiger partial charge is 0.225 e. The molecule has 0 aromatic rings. The molecule has 2 rings (SSSR count). The first kappa shape index (κ1) is 20.0. The van der Waals surface area contributed by atoms with E-state index >= 15 is 0 Å². The number of amides is 1. The SMILES string of the molecule is CCCCOCCN=C(NCC)NC1CCN(C(=O)C2CCCC2)C1. The first-order chi connectivity index (χ1) is 12.2. The predicted octanol–water partition coefficient (Wildman–Crippen LogP) is 2.15. The number of aliphatic imine (C=N–C) groups is 1. The van der Waals surface area contributed by atoms with Gasteiger partial charge in [0.1, 0.15) is 0 Å². The van der Waals surface area contributed by atoms with Crippen LogP contribution in [0.3, 0.4) is 0 Å². The fourth-order valence-electron chi connectivity index (χ4n) is 3.59. The minimum Gasteiger partial charge on any atom is -0.380 e. The van der Waals surface area contributed by atoms with Crippen LogP contribution in [0.15, 0.2) is 4.99 Å². The lowest BCUT2D eigenvalue weighted by molar-refractivity contribution is -0.134. The van der Waals surface area contributed by atoms with Crippen molar-refractivity contribution in [1.29, 1.82) is 0 Å². The fourth-order valence-corrected chi connectivity index (χ4v) is 3.59. The third-order valence-electron chi connectivity index (χ3n) is 5.04. The molecule has 1 atom stereocenters. The molecule has 6 heteroatoms. The number of nitrogens with zero attached hydrogens (tertiary/aromatic N) is 2. The van der Waals surface area contributed by atoms with Gasteiger partial charge in [-0.15, -0.1) is 0 Å². The van der Waals surface area contributed by atoms with Gasteiger partial charge in [-0.05, 0) is 32.6 Å². The van der Waals surface area contributed by atoms with E-state index in [1.165, 1.54) is 12.8 Å². The summed E-state index contributed by atoms with van der Waals surface area (Å²) in [7, 11) is 0. The second-order valence-electron chi connectivity index (χ2n) is 7.12. The molecular formula is C19H36N4O2. The molecular weight excluding hydrogens is 316 g/mol. The molecule has 1 amide bonds. The van der Waals surface area contributed by atoms with Gasteiger partial charge >= 0.3 is 0 Å². The van der Waals surface area contributed by atoms with E-state index in [1.54, 1.807) is 0 Å². The van der Waals surface area contributed by atoms with Gasteiger partial charge in [-0.2, -0.15) is 0 Å². The average Bonchev–Trinajstić information content (AvgIpc) is 3.29. The summed E-state index contributed by atoms with van der Waals surface area (Å²) in [5.41, 5.74) is 0. The van der Waals surface area contributed by atoms with E-state index in [-0.39, 0.29) is 5.92 Å². The highest BCUT2D eigenvalue weighted by Gasteiger charge is 2.32. The summed E-state index contributed by atoms with van der Waals surface area (Å²) < 4.78 is 5.56. The van der Waals surface area contributed by atoms with Crippen molar-refractivity contribution in [3.63, 3.8) is 0 Å². The molecule has 1 saturated carbocycles. The summed E-state index contributed by atoms with van der Waals surface area (Å²) in [6, 6.07) is 0.296. The van der Waals surface area contributed by atoms with Crippen molar-refractivity contribution in [2.45, 2.75) is 64.8 Å². The Kier molecular flexibility index (Phi) is 9.08. The number of ether oxygens (including phenoxy) is 1. The molecule has 1 unspecified atom stereocenters. The van der Waals surface area contributed by atoms with E-state index in [4.69, 9.17) is 4.74 Å². The van der Waals surface area contributed by atoms with Gasteiger partial charge in [0.15, 0.2) is 5.96 Å². The Hall–Kier alpha value is -1.30. The van der Waals surface area contributed by atoms with Gasteiger partial charge in [0.2, 0.25) is 5.91 Å². The lowest BCUT2D eigenvalue weighted by atomic mass is 10.1. The Morgan fingerprint density at radius 2 is 2.00 bits per heavy atom. The lowest BCUT2D eigenvalue weighted by Crippen LogP contribution is -2.45. The molecule has 0 aromatic carbocycles. The first-order valence-corrected chi connectivity index (χ1v) is 10.2. The van der Waals surface area contributed by atoms with Gasteiger partial charge < -0.3 is 20.3 Å². The van der Waals surface area contributed by atoms with Crippen molar-refractivity contribution >= 4 is 11.9 Å². The number of guanidine groups is 1. The summed E-state index contributed by atoms with van der Waals surface area (Å²) in [6.45, 7) is 8.87. The van der Waals surface area contributed by atoms with E-state index in [0.717, 1.165) is 64.3 Å². The summed E-state index contributed by atoms with van der Waals surface area (Å²) in [4.78, 5) is 19.2. The molecule has 1 heterocycles. The Morgan fingerprint density at radius 3 is 2.72 bits per heavy atom. The minimum absolute atomic E-state index is 0.279. The molecule has 0 spiro atoms. The lowest BCUT2D eigenvalue weighted by Gasteiger charge is -2.21. The number of unbranched alkanes of at least 4 members (excludes halogenated alkanes) is 1. The van der Waals surface area contributed by atoms with Crippen molar-refractivity contribution in [3.8, 4) is 0 Å². The standard InChI is InChI=1S/C19H36N4O2/c1-3-5-13-25-14-11-21-19(20-4-2)22-17-10-12-23(15-17)18(24)16-8-6-7-9-16/h16-17H,3-15H2,1-2H3,(H2,20,21,22). The average molecular weight is 353 g/mol. The number of carbonyl (C=O) groups excluding carboxylic acids is 1. The Labute approximate surface area is 152 Å². The van der Waals surface area contributed by atoms with Gasteiger partial charge in [0.25, 0.3) is 0 Å². The number of rotatable bonds is 9. The van der Waals surface area contributed by atoms with Crippen LogP contribution in [0.2, 0.25) is 0 Å². The molecule has 0 bridgehead atoms. The van der Waals surface area contributed by atoms with Crippen LogP contribution >= 0.6 is 0 Å². The van der Waals surface area contributed by atoms with Crippen molar-refractivity contribution in [2.24, 2.45) is 10.9 Å². The van der Waals surface area contributed by atoms with Crippen molar-refractivity contribution in [1.82, 2.24) is 15.5 Å². The molecule has 1 aliphatic heterocycles. The summed E-state index contributed by atoms with van der Waals surface area (Å²) >= 11 is 0. The van der Waals surface area contributed by atoms with Gasteiger partial charge in [0, 0.05) is 38.2 Å². The van der Waals surface area contributed by atoms with Crippen LogP contribution in [-0.2, 0) is 9.53 Å². The summed E-state index contributed by atoms with van der Waals surface area (Å²) in [5.74, 6) is 1.48. The molecule has 1 saturated heterocycles. The maximum atomic E-state index is 12.5. The second kappa shape index (κ2) is 11.3. The molecule has 144 valence electrons. The van der Waals surface area contributed by atoms with Crippen LogP contribution in [-0.4, -0.2) is 62.2 Å². The van der Waals surface area contributed by atoms with Crippen molar-refractivity contribution in [2.75, 3.05) is 39.4 Å². The van der Waals surface area contributed by atoms with Crippen LogP contribution < -0.4 is 10.6 Å². The van der Waals surface area contributed by atoms with E-state index in [1.807, 2.05) is 4.90 Å². The Bertz CT molecular complexity index is 422. The minimum atomic E-state index is 0.279. The quantitative estimate of drug-likeness (QED) is 0.379. The fraction of sp³-hybridized carbons (Fsp3) is 0.895. The molecule has 25 heavy (non-hydrogen) atoms. The van der Waals surface area contributed by atoms with Crippen LogP contribution in [0.4, 0.5) is 0 Å². The van der Waals surface area contributed by atoms with E-state index in [2.05, 4.69) is 29.5 Å². The highest BCUT2D eigenvalue weighted by Crippen LogP contribution is 2.27. The highest BCUT2D eigenvalue weighted by molar-refractivity contribution is 5.81. The predicted molar refractivity (Wildman–Crippen MR) is 102 cm³/mol. The zero-order valence-corrected chi connectivity index (χ0v) is 16.1. The van der Waals surface area contributed by atoms with Crippen molar-refractivity contribution < 1.29 is 9.53 Å². The first-order valence-electron chi connectivity index (χ1n) is 10.2. The maximum absolute atomic E-state index is 12.5. The number of hydrogen-bond acceptors (Lipinski definition) is 3. The highest BCUT2D eigenvalue weighted by atomic mass is 16.5. The van der Waals surface area contributed by atoms with Gasteiger partial charge in [-0.3, -0.25) is 9.79 Å². The Morgan fingerprint density at radius 1 is 1.20 bits per heavy atom. The van der Waals surface area contributed by atoms with Crippen molar-refractivity contribution in [3.05, 3.63) is 0 Å². The third kappa shape index (κ3) is 6.84. The van der Waals surface area contributed by atoms with Gasteiger partial charge in [-0.1, -0.05) is 26.2 Å². The zero-order chi connectivity index (χ0) is 17.9. The normalized spacial score (nSPS) is 21.8. The van der Waals surface area contributed by atoms with Gasteiger partial charge in [-0.25, -0.2) is 0 Å². The maximum Gasteiger partial charge on any atom is 0.225 e. The van der Waals surface area contributed by atoms with Crippen LogP contribution in [0.1, 0.15) is 58.8 Å². The number of hydrogen-bond donors (Lipinski definition) is 2. The monoisotopic (exact) mass is 352 g/mol. The Balaban J connectivity index is 1.72. The zero-order valence-electron chi connectivity index (χ0n) is 16.1. The molecule has 6 nitrogen and oxygen atoms in total. The summed E-state index contributed by atoms with van der Waals surface area (Å²) in [6.07, 6.45) is 7.84.